The molecule has 0 aliphatic heterocycles. The van der Waals surface area contributed by atoms with Crippen molar-refractivity contribution < 1.29 is 18.7 Å². The van der Waals surface area contributed by atoms with Gasteiger partial charge in [0.15, 0.2) is 0 Å². The average molecular weight is 484 g/mol. The van der Waals surface area contributed by atoms with E-state index in [1.165, 1.54) is 18.0 Å². The molecule has 2 aromatic heterocycles. The zero-order chi connectivity index (χ0) is 22.0. The molecule has 8 nitrogen and oxygen atoms in total. The van der Waals surface area contributed by atoms with Crippen molar-refractivity contribution in [2.75, 3.05) is 7.11 Å². The van der Waals surface area contributed by atoms with Crippen LogP contribution in [0.5, 0.6) is 0 Å². The van der Waals surface area contributed by atoms with Gasteiger partial charge in [-0.05, 0) is 29.8 Å². The van der Waals surface area contributed by atoms with E-state index in [1.54, 1.807) is 24.3 Å². The van der Waals surface area contributed by atoms with Gasteiger partial charge < -0.3 is 14.5 Å². The van der Waals surface area contributed by atoms with Crippen LogP contribution in [0.4, 0.5) is 0 Å². The monoisotopic (exact) mass is 483 g/mol. The molecule has 4 aromatic rings. The van der Waals surface area contributed by atoms with Crippen molar-refractivity contribution in [2.24, 2.45) is 0 Å². The number of rotatable bonds is 6. The van der Waals surface area contributed by atoms with E-state index in [0.29, 0.717) is 11.1 Å². The lowest BCUT2D eigenvalue weighted by Crippen LogP contribution is -2.35. The van der Waals surface area contributed by atoms with Crippen molar-refractivity contribution in [1.29, 1.82) is 0 Å². The van der Waals surface area contributed by atoms with Crippen LogP contribution in [-0.2, 0) is 20.9 Å². The first-order chi connectivity index (χ1) is 15.0. The Kier molecular flexibility index (Phi) is 5.85. The SMILES string of the molecule is COC(=O)CC(NC(=O)Cn1cnc2c(oc3ccccc32)c1=O)c1cccc(Br)c1. The van der Waals surface area contributed by atoms with E-state index in [0.717, 1.165) is 15.4 Å². The summed E-state index contributed by atoms with van der Waals surface area (Å²) < 4.78 is 12.4. The van der Waals surface area contributed by atoms with Crippen molar-refractivity contribution in [3.63, 3.8) is 0 Å². The number of aromatic nitrogens is 2. The second-order valence-electron chi connectivity index (χ2n) is 6.91. The number of halogens is 1. The molecule has 0 saturated carbocycles. The van der Waals surface area contributed by atoms with Gasteiger partial charge in [-0.2, -0.15) is 0 Å². The number of carbonyl (C=O) groups is 2. The van der Waals surface area contributed by atoms with Crippen molar-refractivity contribution >= 4 is 49.9 Å². The van der Waals surface area contributed by atoms with Crippen molar-refractivity contribution in [2.45, 2.75) is 19.0 Å². The van der Waals surface area contributed by atoms with Gasteiger partial charge in [0.05, 0.1) is 25.9 Å². The van der Waals surface area contributed by atoms with Gasteiger partial charge in [0.1, 0.15) is 17.6 Å². The Bertz CT molecular complexity index is 1340. The first-order valence-corrected chi connectivity index (χ1v) is 10.2. The third-order valence-electron chi connectivity index (χ3n) is 4.85. The van der Waals surface area contributed by atoms with E-state index in [-0.39, 0.29) is 18.5 Å². The fourth-order valence-electron chi connectivity index (χ4n) is 3.35. The number of esters is 1. The van der Waals surface area contributed by atoms with Crippen LogP contribution in [0.25, 0.3) is 22.1 Å². The predicted molar refractivity (Wildman–Crippen MR) is 117 cm³/mol. The van der Waals surface area contributed by atoms with Crippen molar-refractivity contribution in [1.82, 2.24) is 14.9 Å². The molecule has 0 radical (unpaired) electrons. The van der Waals surface area contributed by atoms with Crippen LogP contribution >= 0.6 is 15.9 Å². The summed E-state index contributed by atoms with van der Waals surface area (Å²) in [5, 5.41) is 3.53. The number of carbonyl (C=O) groups excluding carboxylic acids is 2. The molecule has 2 heterocycles. The first-order valence-electron chi connectivity index (χ1n) is 9.44. The highest BCUT2D eigenvalue weighted by Crippen LogP contribution is 2.24. The number of hydrogen-bond donors (Lipinski definition) is 1. The molecule has 1 atom stereocenters. The van der Waals surface area contributed by atoms with Gasteiger partial charge in [0.25, 0.3) is 5.56 Å². The standard InChI is InChI=1S/C22H18BrN3O5/c1-30-19(28)10-16(13-5-4-6-14(23)9-13)25-18(27)11-26-12-24-20-15-7-2-3-8-17(15)31-21(20)22(26)29/h2-9,12,16H,10-11H2,1H3,(H,25,27). The smallest absolute Gasteiger partial charge is 0.307 e. The van der Waals surface area contributed by atoms with E-state index in [4.69, 9.17) is 9.15 Å². The van der Waals surface area contributed by atoms with Crippen LogP contribution in [-0.4, -0.2) is 28.5 Å². The number of benzene rings is 2. The number of amides is 1. The maximum Gasteiger partial charge on any atom is 0.307 e. The average Bonchev–Trinajstić information content (AvgIpc) is 3.14. The molecule has 0 spiro atoms. The maximum absolute atomic E-state index is 12.8. The minimum absolute atomic E-state index is 0.0472. The van der Waals surface area contributed by atoms with Crippen LogP contribution in [0.1, 0.15) is 18.0 Å². The quantitative estimate of drug-likeness (QED) is 0.422. The Balaban J connectivity index is 1.59. The van der Waals surface area contributed by atoms with Crippen LogP contribution in [0.3, 0.4) is 0 Å². The van der Waals surface area contributed by atoms with Crippen LogP contribution in [0.15, 0.2) is 68.5 Å². The Morgan fingerprint density at radius 3 is 2.81 bits per heavy atom. The van der Waals surface area contributed by atoms with Gasteiger partial charge in [-0.25, -0.2) is 4.98 Å². The molecule has 9 heteroatoms. The second kappa shape index (κ2) is 8.73. The highest BCUT2D eigenvalue weighted by molar-refractivity contribution is 9.10. The summed E-state index contributed by atoms with van der Waals surface area (Å²) in [7, 11) is 1.29. The molecule has 0 aliphatic rings. The Morgan fingerprint density at radius 1 is 1.23 bits per heavy atom. The lowest BCUT2D eigenvalue weighted by Gasteiger charge is -2.19. The summed E-state index contributed by atoms with van der Waals surface area (Å²) in [5.74, 6) is -0.916. The molecule has 4 rings (SSSR count). The van der Waals surface area contributed by atoms with E-state index in [9.17, 15) is 14.4 Å². The van der Waals surface area contributed by atoms with Gasteiger partial charge in [0.2, 0.25) is 11.5 Å². The Labute approximate surface area is 185 Å². The van der Waals surface area contributed by atoms with Gasteiger partial charge >= 0.3 is 5.97 Å². The van der Waals surface area contributed by atoms with Crippen molar-refractivity contribution in [3.8, 4) is 0 Å². The van der Waals surface area contributed by atoms with Crippen LogP contribution in [0.2, 0.25) is 0 Å². The number of fused-ring (bicyclic) bond motifs is 3. The summed E-state index contributed by atoms with van der Waals surface area (Å²) in [6, 6.07) is 13.9. The number of nitrogens with one attached hydrogen (secondary N) is 1. The van der Waals surface area contributed by atoms with E-state index < -0.39 is 23.5 Å². The number of furan rings is 1. The Morgan fingerprint density at radius 2 is 2.03 bits per heavy atom. The van der Waals surface area contributed by atoms with Gasteiger partial charge in [-0.1, -0.05) is 40.2 Å². The molecule has 0 bridgehead atoms. The van der Waals surface area contributed by atoms with E-state index in [1.807, 2.05) is 24.3 Å². The summed E-state index contributed by atoms with van der Waals surface area (Å²) >= 11 is 3.39. The minimum atomic E-state index is -0.615. The number of nitrogens with zero attached hydrogens (tertiary/aromatic N) is 2. The molecule has 0 fully saturated rings. The van der Waals surface area contributed by atoms with Crippen molar-refractivity contribution in [3.05, 3.63) is 75.2 Å². The van der Waals surface area contributed by atoms with Crippen LogP contribution in [0, 0.1) is 0 Å². The van der Waals surface area contributed by atoms with E-state index >= 15 is 0 Å². The molecule has 2 aromatic carbocycles. The zero-order valence-electron chi connectivity index (χ0n) is 16.5. The maximum atomic E-state index is 12.8. The van der Waals surface area contributed by atoms with Gasteiger partial charge in [-0.15, -0.1) is 0 Å². The summed E-state index contributed by atoms with van der Waals surface area (Å²) in [6.45, 7) is -0.273. The number of hydrogen-bond acceptors (Lipinski definition) is 6. The fraction of sp³-hybridized carbons (Fsp3) is 0.182. The minimum Gasteiger partial charge on any atom is -0.469 e. The molecule has 0 saturated heterocycles. The normalized spacial score (nSPS) is 12.1. The Hall–Kier alpha value is -3.46. The molecule has 1 unspecified atom stereocenters. The third-order valence-corrected chi connectivity index (χ3v) is 5.34. The highest BCUT2D eigenvalue weighted by atomic mass is 79.9. The number of para-hydroxylation sites is 1. The predicted octanol–water partition coefficient (Wildman–Crippen LogP) is 3.33. The summed E-state index contributed by atoms with van der Waals surface area (Å²) in [5.41, 5.74) is 1.37. The first kappa shape index (κ1) is 20.8. The topological polar surface area (TPSA) is 103 Å². The van der Waals surface area contributed by atoms with Crippen LogP contribution < -0.4 is 10.9 Å². The third kappa shape index (κ3) is 4.36. The van der Waals surface area contributed by atoms with E-state index in [2.05, 4.69) is 26.2 Å². The highest BCUT2D eigenvalue weighted by Gasteiger charge is 2.20. The number of ether oxygens (including phenoxy) is 1. The fourth-order valence-corrected chi connectivity index (χ4v) is 3.77. The molecule has 1 amide bonds. The lowest BCUT2D eigenvalue weighted by molar-refractivity contribution is -0.141. The lowest BCUT2D eigenvalue weighted by atomic mass is 10.0. The number of methoxy groups -OCH3 is 1. The van der Waals surface area contributed by atoms with Gasteiger partial charge in [0, 0.05) is 9.86 Å². The molecular weight excluding hydrogens is 466 g/mol. The molecular formula is C22H18BrN3O5. The second-order valence-corrected chi connectivity index (χ2v) is 7.82. The molecule has 31 heavy (non-hydrogen) atoms. The summed E-state index contributed by atoms with van der Waals surface area (Å²) in [4.78, 5) is 41.7. The largest absolute Gasteiger partial charge is 0.469 e. The molecule has 158 valence electrons. The van der Waals surface area contributed by atoms with Gasteiger partial charge in [-0.3, -0.25) is 19.0 Å². The molecule has 1 N–H and O–H groups in total. The molecule has 0 aliphatic carbocycles. The zero-order valence-corrected chi connectivity index (χ0v) is 18.1. The summed E-state index contributed by atoms with van der Waals surface area (Å²) in [6.07, 6.45) is 1.27.